The molecule has 0 aromatic carbocycles. The SMILES string of the molecule is Cn1ccc(N2CCC[C@H](Sc3ccc([N+](=O)[O-])cn3)C2=O)n1. The predicted molar refractivity (Wildman–Crippen MR) is 85.3 cm³/mol. The smallest absolute Gasteiger partial charge is 0.287 e. The van der Waals surface area contributed by atoms with E-state index in [9.17, 15) is 14.9 Å². The number of hydrogen-bond acceptors (Lipinski definition) is 6. The van der Waals surface area contributed by atoms with Gasteiger partial charge in [0.05, 0.1) is 15.2 Å². The summed E-state index contributed by atoms with van der Waals surface area (Å²) >= 11 is 1.34. The molecule has 0 N–H and O–H groups in total. The quantitative estimate of drug-likeness (QED) is 0.627. The van der Waals surface area contributed by atoms with Crippen LogP contribution in [0.15, 0.2) is 35.6 Å². The number of pyridine rings is 1. The van der Waals surface area contributed by atoms with Gasteiger partial charge in [0.2, 0.25) is 5.91 Å². The standard InChI is InChI=1S/C14H15N5O3S/c1-17-8-6-12(16-17)18-7-2-3-11(14(18)20)23-13-5-4-10(9-15-13)19(21)22/h4-6,8-9,11H,2-3,7H2,1H3/t11-/m0/s1. The fraction of sp³-hybridized carbons (Fsp3) is 0.357. The Kier molecular flexibility index (Phi) is 4.28. The Morgan fingerprint density at radius 3 is 2.83 bits per heavy atom. The van der Waals surface area contributed by atoms with E-state index in [1.54, 1.807) is 21.8 Å². The van der Waals surface area contributed by atoms with Crippen LogP contribution in [0.5, 0.6) is 0 Å². The molecule has 2 aromatic heterocycles. The average Bonchev–Trinajstić information content (AvgIpc) is 2.96. The summed E-state index contributed by atoms with van der Waals surface area (Å²) in [6.07, 6.45) is 4.65. The molecule has 23 heavy (non-hydrogen) atoms. The second-order valence-corrected chi connectivity index (χ2v) is 6.42. The van der Waals surface area contributed by atoms with E-state index >= 15 is 0 Å². The maximum absolute atomic E-state index is 12.6. The summed E-state index contributed by atoms with van der Waals surface area (Å²) in [6.45, 7) is 0.653. The Hall–Kier alpha value is -2.42. The average molecular weight is 333 g/mol. The molecule has 0 spiro atoms. The van der Waals surface area contributed by atoms with Crippen LogP contribution < -0.4 is 4.90 Å². The zero-order valence-corrected chi connectivity index (χ0v) is 13.3. The molecule has 0 radical (unpaired) electrons. The highest BCUT2D eigenvalue weighted by Gasteiger charge is 2.31. The molecule has 0 bridgehead atoms. The van der Waals surface area contributed by atoms with Gasteiger partial charge in [0, 0.05) is 31.9 Å². The zero-order valence-electron chi connectivity index (χ0n) is 12.5. The summed E-state index contributed by atoms with van der Waals surface area (Å²) in [5, 5.41) is 15.3. The molecular formula is C14H15N5O3S. The Labute approximate surface area is 136 Å². The molecule has 0 saturated carbocycles. The van der Waals surface area contributed by atoms with Gasteiger partial charge in [0.1, 0.15) is 6.20 Å². The third kappa shape index (κ3) is 3.34. The number of anilines is 1. The summed E-state index contributed by atoms with van der Waals surface area (Å²) in [7, 11) is 1.81. The third-order valence-corrected chi connectivity index (χ3v) is 4.76. The molecule has 1 saturated heterocycles. The first-order valence-corrected chi connectivity index (χ1v) is 8.00. The van der Waals surface area contributed by atoms with E-state index in [0.29, 0.717) is 17.4 Å². The zero-order chi connectivity index (χ0) is 16.4. The number of nitro groups is 1. The van der Waals surface area contributed by atoms with Gasteiger partial charge in [-0.1, -0.05) is 11.8 Å². The monoisotopic (exact) mass is 333 g/mol. The van der Waals surface area contributed by atoms with Gasteiger partial charge >= 0.3 is 0 Å². The lowest BCUT2D eigenvalue weighted by Gasteiger charge is -2.30. The maximum atomic E-state index is 12.6. The van der Waals surface area contributed by atoms with Gasteiger partial charge < -0.3 is 0 Å². The van der Waals surface area contributed by atoms with Crippen LogP contribution in [0.4, 0.5) is 11.5 Å². The van der Waals surface area contributed by atoms with Crippen LogP contribution >= 0.6 is 11.8 Å². The van der Waals surface area contributed by atoms with Crippen LogP contribution in [0, 0.1) is 10.1 Å². The van der Waals surface area contributed by atoms with Gasteiger partial charge in [0.25, 0.3) is 5.69 Å². The van der Waals surface area contributed by atoms with E-state index in [1.807, 2.05) is 13.1 Å². The number of aromatic nitrogens is 3. The van der Waals surface area contributed by atoms with E-state index in [1.165, 1.54) is 24.0 Å². The molecule has 1 atom stereocenters. The molecule has 0 unspecified atom stereocenters. The van der Waals surface area contributed by atoms with Crippen molar-refractivity contribution in [2.45, 2.75) is 23.1 Å². The molecule has 9 heteroatoms. The van der Waals surface area contributed by atoms with E-state index in [4.69, 9.17) is 0 Å². The van der Waals surface area contributed by atoms with Gasteiger partial charge in [0.15, 0.2) is 5.82 Å². The number of nitrogens with zero attached hydrogens (tertiary/aromatic N) is 5. The first-order chi connectivity index (χ1) is 11.0. The van der Waals surface area contributed by atoms with Crippen molar-refractivity contribution in [1.29, 1.82) is 0 Å². The minimum atomic E-state index is -0.490. The highest BCUT2D eigenvalue weighted by molar-refractivity contribution is 8.00. The van der Waals surface area contributed by atoms with E-state index < -0.39 is 4.92 Å². The highest BCUT2D eigenvalue weighted by Crippen LogP contribution is 2.31. The molecule has 2 aromatic rings. The summed E-state index contributed by atoms with van der Waals surface area (Å²) < 4.78 is 1.66. The van der Waals surface area contributed by atoms with Gasteiger partial charge in [-0.3, -0.25) is 24.5 Å². The number of thioether (sulfide) groups is 1. The predicted octanol–water partition coefficient (Wildman–Crippen LogP) is 2.01. The largest absolute Gasteiger partial charge is 0.294 e. The molecule has 1 aliphatic rings. The van der Waals surface area contributed by atoms with Crippen molar-refractivity contribution in [1.82, 2.24) is 14.8 Å². The number of hydrogen-bond donors (Lipinski definition) is 0. The number of rotatable bonds is 4. The molecule has 1 amide bonds. The van der Waals surface area contributed by atoms with Gasteiger partial charge in [-0.2, -0.15) is 5.10 Å². The van der Waals surface area contributed by atoms with Crippen LogP contribution in [0.2, 0.25) is 0 Å². The first-order valence-electron chi connectivity index (χ1n) is 7.13. The molecule has 120 valence electrons. The number of piperidine rings is 1. The van der Waals surface area contributed by atoms with E-state index in [-0.39, 0.29) is 16.8 Å². The Morgan fingerprint density at radius 1 is 1.39 bits per heavy atom. The number of amides is 1. The lowest BCUT2D eigenvalue weighted by molar-refractivity contribution is -0.385. The van der Waals surface area contributed by atoms with Crippen molar-refractivity contribution < 1.29 is 9.72 Å². The Morgan fingerprint density at radius 2 is 2.22 bits per heavy atom. The van der Waals surface area contributed by atoms with E-state index in [0.717, 1.165) is 12.8 Å². The Balaban J connectivity index is 1.72. The van der Waals surface area contributed by atoms with Crippen molar-refractivity contribution in [2.24, 2.45) is 7.05 Å². The summed E-state index contributed by atoms with van der Waals surface area (Å²) in [5.41, 5.74) is -0.0561. The summed E-state index contributed by atoms with van der Waals surface area (Å²) in [6, 6.07) is 4.80. The van der Waals surface area contributed by atoms with Crippen molar-refractivity contribution in [3.8, 4) is 0 Å². The minimum Gasteiger partial charge on any atom is -0.294 e. The van der Waals surface area contributed by atoms with Gasteiger partial charge in [-0.25, -0.2) is 4.98 Å². The molecule has 3 heterocycles. The molecule has 1 aliphatic heterocycles. The molecular weight excluding hydrogens is 318 g/mol. The number of aryl methyl sites for hydroxylation is 1. The van der Waals surface area contributed by atoms with Gasteiger partial charge in [-0.15, -0.1) is 0 Å². The first kappa shape index (κ1) is 15.5. The fourth-order valence-corrected chi connectivity index (χ4v) is 3.49. The third-order valence-electron chi connectivity index (χ3n) is 3.56. The Bertz CT molecular complexity index is 730. The molecule has 1 fully saturated rings. The summed E-state index contributed by atoms with van der Waals surface area (Å²) in [5.74, 6) is 0.652. The van der Waals surface area contributed by atoms with Crippen molar-refractivity contribution in [3.63, 3.8) is 0 Å². The number of carbonyl (C=O) groups excluding carboxylic acids is 1. The lowest BCUT2D eigenvalue weighted by Crippen LogP contribution is -2.43. The van der Waals surface area contributed by atoms with E-state index in [2.05, 4.69) is 10.1 Å². The minimum absolute atomic E-state index is 0.0000952. The van der Waals surface area contributed by atoms with Crippen LogP contribution in [-0.2, 0) is 11.8 Å². The lowest BCUT2D eigenvalue weighted by atomic mass is 10.1. The number of carbonyl (C=O) groups is 1. The van der Waals surface area contributed by atoms with Crippen LogP contribution in [0.3, 0.4) is 0 Å². The van der Waals surface area contributed by atoms with Crippen LogP contribution in [0.25, 0.3) is 0 Å². The van der Waals surface area contributed by atoms with Crippen molar-refractivity contribution >= 4 is 29.2 Å². The topological polar surface area (TPSA) is 94.2 Å². The normalized spacial score (nSPS) is 18.2. The molecule has 0 aliphatic carbocycles. The second-order valence-electron chi connectivity index (χ2n) is 5.20. The second kappa shape index (κ2) is 6.37. The fourth-order valence-electron chi connectivity index (χ4n) is 2.42. The van der Waals surface area contributed by atoms with Crippen LogP contribution in [-0.4, -0.2) is 37.4 Å². The van der Waals surface area contributed by atoms with Gasteiger partial charge in [-0.05, 0) is 18.9 Å². The molecule has 8 nitrogen and oxygen atoms in total. The van der Waals surface area contributed by atoms with Crippen molar-refractivity contribution in [3.05, 3.63) is 40.7 Å². The molecule has 3 rings (SSSR count). The van der Waals surface area contributed by atoms with Crippen molar-refractivity contribution in [2.75, 3.05) is 11.4 Å². The van der Waals surface area contributed by atoms with Crippen LogP contribution in [0.1, 0.15) is 12.8 Å². The maximum Gasteiger partial charge on any atom is 0.287 e. The summed E-state index contributed by atoms with van der Waals surface area (Å²) in [4.78, 5) is 28.5. The highest BCUT2D eigenvalue weighted by atomic mass is 32.2.